The SMILES string of the molecule is CC1=C2C[C@H]3[C@@H](CC[C@@H]4CN(C)C(=O)C=C[C@@]43C)[C@@H]2CC[C@@]2(C1)O[C@@H]1C[C@H](C)CN(C(=O)OCc3ccccc3)[C@H]1[C@H]2C.CC1=C2C[C@H]3[C@@H](CC[C@@H]4CN(C)C(=O)CC[C@@]43C)[C@@H]2CC[C@@]2(C1)O[C@@H]1C[C@H](C)CN[C@H]1[C@H]2C.CC1=C2C[C@H]3[C@@H](CC[C@@H]4CNC(=O)C=C[C@@]43C)[C@@H]2CC[C@@]2(C1)O[C@@H]1C[C@H](C)CN(C(=O)OCc3ccccc3)[C@H]1[C@H]2C. The van der Waals surface area contributed by atoms with E-state index in [-0.39, 0.29) is 87.8 Å². The summed E-state index contributed by atoms with van der Waals surface area (Å²) >= 11 is 0. The molecule has 0 aromatic heterocycles. The van der Waals surface area contributed by atoms with E-state index in [0.29, 0.717) is 108 Å². The van der Waals surface area contributed by atoms with E-state index in [0.717, 1.165) is 158 Å². The number of likely N-dealkylation sites (N-methyl/N-ethyl adjacent to an activating group) is 1. The van der Waals surface area contributed by atoms with Gasteiger partial charge in [-0.3, -0.25) is 14.4 Å². The first-order valence-corrected chi connectivity index (χ1v) is 47.4. The molecule has 3 spiro atoms. The summed E-state index contributed by atoms with van der Waals surface area (Å²) in [6, 6.07) is 20.6. The van der Waals surface area contributed by atoms with Crippen LogP contribution in [0.15, 0.2) is 118 Å². The number of hydrogen-bond donors (Lipinski definition) is 2. The van der Waals surface area contributed by atoms with Crippen molar-refractivity contribution in [2.45, 2.75) is 297 Å². The molecule has 9 heterocycles. The maximum absolute atomic E-state index is 13.5. The van der Waals surface area contributed by atoms with Gasteiger partial charge in [-0.25, -0.2) is 9.59 Å². The fraction of sp³-hybridized carbons (Fsp3) is 0.735. The molecule has 6 saturated carbocycles. The van der Waals surface area contributed by atoms with Crippen LogP contribution in [0, 0.1) is 123 Å². The summed E-state index contributed by atoms with van der Waals surface area (Å²) in [7, 11) is 3.99. The van der Waals surface area contributed by atoms with Gasteiger partial charge in [0.2, 0.25) is 17.7 Å². The fourth-order valence-corrected chi connectivity index (χ4v) is 30.8. The van der Waals surface area contributed by atoms with Crippen LogP contribution < -0.4 is 10.6 Å². The molecule has 0 bridgehead atoms. The van der Waals surface area contributed by atoms with Crippen LogP contribution in [-0.2, 0) is 51.3 Å². The first-order chi connectivity index (χ1) is 56.5. The molecule has 9 aliphatic carbocycles. The zero-order chi connectivity index (χ0) is 82.4. The minimum Gasteiger partial charge on any atom is -0.445 e. The molecule has 2 N–H and O–H groups in total. The van der Waals surface area contributed by atoms with Crippen molar-refractivity contribution in [2.75, 3.05) is 53.4 Å². The second-order valence-corrected chi connectivity index (χ2v) is 43.6. The van der Waals surface area contributed by atoms with Crippen molar-refractivity contribution in [3.8, 4) is 0 Å². The zero-order valence-electron chi connectivity index (χ0n) is 74.2. The van der Waals surface area contributed by atoms with Gasteiger partial charge >= 0.3 is 12.2 Å². The molecule has 0 unspecified atom stereocenters. The van der Waals surface area contributed by atoms with E-state index >= 15 is 0 Å². The Kier molecular flexibility index (Phi) is 22.4. The Morgan fingerprint density at radius 3 is 1.45 bits per heavy atom. The van der Waals surface area contributed by atoms with Crippen molar-refractivity contribution >= 4 is 29.9 Å². The number of hydrogen-bond acceptors (Lipinski definition) is 11. The van der Waals surface area contributed by atoms with Gasteiger partial charge in [0.1, 0.15) is 13.2 Å². The fourth-order valence-electron chi connectivity index (χ4n) is 30.8. The van der Waals surface area contributed by atoms with Crippen molar-refractivity contribution in [1.82, 2.24) is 30.2 Å². The van der Waals surface area contributed by atoms with Gasteiger partial charge in [0, 0.05) is 77.0 Å². The van der Waals surface area contributed by atoms with Gasteiger partial charge < -0.3 is 53.9 Å². The van der Waals surface area contributed by atoms with Gasteiger partial charge in [0.15, 0.2) is 0 Å². The predicted octanol–water partition coefficient (Wildman–Crippen LogP) is 18.8. The number of rotatable bonds is 4. The van der Waals surface area contributed by atoms with E-state index in [4.69, 9.17) is 23.7 Å². The second-order valence-electron chi connectivity index (χ2n) is 43.6. The molecule has 16 heteroatoms. The minimum absolute atomic E-state index is 0.0435. The predicted molar refractivity (Wildman–Crippen MR) is 461 cm³/mol. The minimum atomic E-state index is -0.229. The molecular weight excluding hydrogens is 1470 g/mol. The highest BCUT2D eigenvalue weighted by atomic mass is 16.6. The van der Waals surface area contributed by atoms with Crippen LogP contribution in [0.25, 0.3) is 0 Å². The molecule has 2 aromatic rings. The summed E-state index contributed by atoms with van der Waals surface area (Å²) in [6.07, 6.45) is 34.6. The zero-order valence-corrected chi connectivity index (χ0v) is 74.2. The lowest BCUT2D eigenvalue weighted by molar-refractivity contribution is -0.129. The van der Waals surface area contributed by atoms with Crippen molar-refractivity contribution in [2.24, 2.45) is 123 Å². The molecule has 18 aliphatic rings. The molecule has 118 heavy (non-hydrogen) atoms. The number of nitrogens with one attached hydrogen (secondary N) is 2. The first kappa shape index (κ1) is 82.9. The maximum atomic E-state index is 13.5. The standard InChI is InChI=1S/C37H50N2O4.C36H48N2O4.C29H46N2O2/c1-23-17-32-34(39(20-23)35(41)42-22-26-9-7-6-8-10-26)25(3)37(43-32)16-13-28-29-12-11-27-21-38(5)33(40)14-15-36(27,4)31(29)18-30(28)24(2)19-37;1-22-16-31-33(38(20-22)34(40)41-21-25-8-6-5-7-9-25)24(3)36(42-31)15-12-27-28-11-10-26-19-37-32(39)13-14-35(26,4)30(28)17-29(27)23(2)18-36;1-17-12-25-27(30-15-17)19(3)29(33-25)11-8-21-22-7-6-20-16-31(5)26(32)9-10-28(20,4)24(22)13-23(21)18(2)14-29/h6-10,14-15,23,25,27-29,31-32,34H,11-13,16-22H2,1-5H3;5-9,13-14,22,24,26-28,30-31,33H,10-12,15-21H2,1-4H3,(H,37,39);17,19-22,24-25,27,30H,6-16H2,1-5H3/t23-,25+,27+,28-,29-,31-,32+,34-,36-,37-;22-,24+,26+,27-,28-,30-,31+,33-,35-,36-;17-,19+,20+,21-,22-,24-,25+,27-,28-,29-/m000/s1. The second kappa shape index (κ2) is 31.9. The van der Waals surface area contributed by atoms with Crippen molar-refractivity contribution < 1.29 is 47.7 Å². The molecule has 16 nitrogen and oxygen atoms in total. The lowest BCUT2D eigenvalue weighted by Crippen LogP contribution is -2.54. The Bertz CT molecular complexity index is 4310. The normalized spacial score (nSPS) is 45.2. The smallest absolute Gasteiger partial charge is 0.410 e. The van der Waals surface area contributed by atoms with E-state index in [2.05, 4.69) is 106 Å². The van der Waals surface area contributed by atoms with Crippen LogP contribution in [0.4, 0.5) is 9.59 Å². The van der Waals surface area contributed by atoms with Crippen molar-refractivity contribution in [1.29, 1.82) is 0 Å². The molecular formula is C102H144N6O10. The summed E-state index contributed by atoms with van der Waals surface area (Å²) < 4.78 is 33.1. The summed E-state index contributed by atoms with van der Waals surface area (Å²) in [5, 5.41) is 6.99. The highest BCUT2D eigenvalue weighted by molar-refractivity contribution is 5.88. The third-order valence-corrected chi connectivity index (χ3v) is 37.4. The molecule has 13 fully saturated rings. The Morgan fingerprint density at radius 1 is 0.483 bits per heavy atom. The van der Waals surface area contributed by atoms with Crippen LogP contribution in [-0.4, -0.2) is 156 Å². The molecule has 9 aliphatic heterocycles. The molecule has 7 saturated heterocycles. The number of ether oxygens (including phenoxy) is 5. The van der Waals surface area contributed by atoms with Gasteiger partial charge in [0.25, 0.3) is 0 Å². The average molecular weight is 1610 g/mol. The number of piperidine rings is 3. The topological polar surface area (TPSA) is 169 Å². The Hall–Kier alpha value is -6.07. The van der Waals surface area contributed by atoms with Crippen molar-refractivity contribution in [3.63, 3.8) is 0 Å². The molecule has 2 aromatic carbocycles. The number of fused-ring (bicyclic) bond motifs is 18. The summed E-state index contributed by atoms with van der Waals surface area (Å²) in [5.74, 6) is 11.0. The Balaban J connectivity index is 0.000000123. The largest absolute Gasteiger partial charge is 0.445 e. The van der Waals surface area contributed by atoms with Gasteiger partial charge in [-0.05, 0) is 297 Å². The highest BCUT2D eigenvalue weighted by Gasteiger charge is 2.65. The summed E-state index contributed by atoms with van der Waals surface area (Å²) in [6.45, 7) is 34.5. The van der Waals surface area contributed by atoms with E-state index in [9.17, 15) is 24.0 Å². The summed E-state index contributed by atoms with van der Waals surface area (Å²) in [4.78, 5) is 72.4. The molecule has 642 valence electrons. The molecule has 30 atom stereocenters. The molecule has 20 rings (SSSR count). The van der Waals surface area contributed by atoms with E-state index in [1.807, 2.05) is 100 Å². The number of carbonyl (C=O) groups is 5. The lowest BCUT2D eigenvalue weighted by Gasteiger charge is -2.49. The Labute approximate surface area is 706 Å². The quantitative estimate of drug-likeness (QED) is 0.280. The first-order valence-electron chi connectivity index (χ1n) is 47.4. The van der Waals surface area contributed by atoms with E-state index < -0.39 is 0 Å². The van der Waals surface area contributed by atoms with Crippen molar-refractivity contribution in [3.05, 3.63) is 130 Å². The number of carbonyl (C=O) groups excluding carboxylic acids is 5. The van der Waals surface area contributed by atoms with Crippen LogP contribution in [0.2, 0.25) is 0 Å². The van der Waals surface area contributed by atoms with Gasteiger partial charge in [-0.1, -0.05) is 169 Å². The van der Waals surface area contributed by atoms with Gasteiger partial charge in [-0.2, -0.15) is 0 Å². The summed E-state index contributed by atoms with van der Waals surface area (Å²) in [5.41, 5.74) is 12.0. The maximum Gasteiger partial charge on any atom is 0.410 e. The monoisotopic (exact) mass is 1610 g/mol. The average Bonchev–Trinajstić information content (AvgIpc) is 1.57. The highest BCUT2D eigenvalue weighted by Crippen LogP contribution is 2.68. The number of benzene rings is 2. The number of allylic oxidation sites excluding steroid dienone is 5. The van der Waals surface area contributed by atoms with Crippen LogP contribution in [0.1, 0.15) is 242 Å². The van der Waals surface area contributed by atoms with Crippen LogP contribution >= 0.6 is 0 Å². The van der Waals surface area contributed by atoms with Crippen LogP contribution in [0.3, 0.4) is 0 Å². The molecule has 0 radical (unpaired) electrons. The number of likely N-dealkylation sites (tertiary alicyclic amines) is 3. The third-order valence-electron chi connectivity index (χ3n) is 37.4. The lowest BCUT2D eigenvalue weighted by atomic mass is 9.55. The third kappa shape index (κ3) is 14.4. The molecule has 5 amide bonds. The number of nitrogens with zero attached hydrogens (tertiary/aromatic N) is 4. The van der Waals surface area contributed by atoms with Gasteiger partial charge in [-0.15, -0.1) is 0 Å². The number of amides is 5. The van der Waals surface area contributed by atoms with E-state index in [1.54, 1.807) is 28.4 Å². The Morgan fingerprint density at radius 2 is 0.924 bits per heavy atom. The van der Waals surface area contributed by atoms with Crippen LogP contribution in [0.5, 0.6) is 0 Å². The van der Waals surface area contributed by atoms with E-state index in [1.165, 1.54) is 75.4 Å². The van der Waals surface area contributed by atoms with Gasteiger partial charge in [0.05, 0.1) is 47.2 Å².